The summed E-state index contributed by atoms with van der Waals surface area (Å²) >= 11 is 0. The van der Waals surface area contributed by atoms with Gasteiger partial charge in [-0.25, -0.2) is 26.2 Å². The third-order valence-electron chi connectivity index (χ3n) is 3.78. The molecule has 1 saturated heterocycles. The molecule has 0 aliphatic carbocycles. The van der Waals surface area contributed by atoms with Gasteiger partial charge in [0.05, 0.1) is 22.1 Å². The maximum Gasteiger partial charge on any atom is 0.241 e. The van der Waals surface area contributed by atoms with Crippen molar-refractivity contribution in [3.63, 3.8) is 0 Å². The van der Waals surface area contributed by atoms with Crippen molar-refractivity contribution in [2.75, 3.05) is 11.5 Å². The van der Waals surface area contributed by atoms with Crippen LogP contribution in [0, 0.1) is 6.92 Å². The van der Waals surface area contributed by atoms with Crippen molar-refractivity contribution in [2.24, 2.45) is 0 Å². The Bertz CT molecular complexity index is 919. The highest BCUT2D eigenvalue weighted by molar-refractivity contribution is 7.92. The lowest BCUT2D eigenvalue weighted by Gasteiger charge is -2.14. The summed E-state index contributed by atoms with van der Waals surface area (Å²) in [6.45, 7) is 1.70. The number of aryl methyl sites for hydroxylation is 1. The van der Waals surface area contributed by atoms with E-state index in [1.807, 2.05) is 0 Å². The highest BCUT2D eigenvalue weighted by Crippen LogP contribution is 2.21. The van der Waals surface area contributed by atoms with E-state index in [2.05, 4.69) is 9.82 Å². The fraction of sp³-hybridized carbons (Fsp3) is 0.357. The van der Waals surface area contributed by atoms with Gasteiger partial charge in [0.1, 0.15) is 0 Å². The molecule has 3 rings (SSSR count). The molecule has 1 N–H and O–H groups in total. The van der Waals surface area contributed by atoms with Crippen LogP contribution in [0.4, 0.5) is 0 Å². The van der Waals surface area contributed by atoms with Crippen molar-refractivity contribution in [3.05, 3.63) is 42.2 Å². The summed E-state index contributed by atoms with van der Waals surface area (Å²) in [6.07, 6.45) is 3.63. The van der Waals surface area contributed by atoms with Crippen LogP contribution in [0.3, 0.4) is 0 Å². The lowest BCUT2D eigenvalue weighted by atomic mass is 10.2. The smallest absolute Gasteiger partial charge is 0.241 e. The van der Waals surface area contributed by atoms with E-state index in [0.29, 0.717) is 17.7 Å². The average molecular weight is 355 g/mol. The van der Waals surface area contributed by atoms with Gasteiger partial charge in [-0.2, -0.15) is 5.10 Å². The summed E-state index contributed by atoms with van der Waals surface area (Å²) in [4.78, 5) is 0.134. The van der Waals surface area contributed by atoms with Crippen molar-refractivity contribution in [2.45, 2.75) is 24.3 Å². The highest BCUT2D eigenvalue weighted by Gasteiger charge is 2.32. The largest absolute Gasteiger partial charge is 0.241 e. The zero-order valence-corrected chi connectivity index (χ0v) is 14.1. The van der Waals surface area contributed by atoms with Gasteiger partial charge >= 0.3 is 0 Å². The summed E-state index contributed by atoms with van der Waals surface area (Å²) in [7, 11) is -6.94. The van der Waals surface area contributed by atoms with Crippen LogP contribution in [0.15, 0.2) is 41.6 Å². The fourth-order valence-electron chi connectivity index (χ4n) is 2.61. The first-order valence-corrected chi connectivity index (χ1v) is 10.4. The first-order chi connectivity index (χ1) is 10.8. The molecule has 1 atom stereocenters. The van der Waals surface area contributed by atoms with Gasteiger partial charge in [-0.1, -0.05) is 6.07 Å². The molecule has 0 spiro atoms. The highest BCUT2D eigenvalue weighted by atomic mass is 32.2. The lowest BCUT2D eigenvalue weighted by Crippen LogP contribution is -2.36. The molecular weight excluding hydrogens is 338 g/mol. The van der Waals surface area contributed by atoms with Crippen LogP contribution in [0.2, 0.25) is 0 Å². The van der Waals surface area contributed by atoms with Gasteiger partial charge in [0.25, 0.3) is 0 Å². The van der Waals surface area contributed by atoms with Gasteiger partial charge in [-0.3, -0.25) is 0 Å². The Labute approximate surface area is 135 Å². The minimum Gasteiger partial charge on any atom is -0.241 e. The molecule has 1 aromatic carbocycles. The maximum absolute atomic E-state index is 12.6. The molecule has 0 saturated carbocycles. The van der Waals surface area contributed by atoms with Crippen LogP contribution in [0.1, 0.15) is 12.0 Å². The van der Waals surface area contributed by atoms with Crippen molar-refractivity contribution < 1.29 is 16.8 Å². The monoisotopic (exact) mass is 355 g/mol. The molecule has 2 heterocycles. The number of rotatable bonds is 4. The quantitative estimate of drug-likeness (QED) is 0.868. The van der Waals surface area contributed by atoms with E-state index in [-0.39, 0.29) is 16.4 Å². The predicted molar refractivity (Wildman–Crippen MR) is 85.7 cm³/mol. The summed E-state index contributed by atoms with van der Waals surface area (Å²) < 4.78 is 52.3. The number of benzene rings is 1. The molecule has 23 heavy (non-hydrogen) atoms. The third kappa shape index (κ3) is 3.46. The molecule has 9 heteroatoms. The van der Waals surface area contributed by atoms with Crippen LogP contribution >= 0.6 is 0 Å². The standard InChI is InChI=1S/C14H17N3O4S2/c1-11-3-4-13(17-7-2-6-15-17)9-14(11)23(20,21)16-12-5-8-22(18,19)10-12/h2-4,6-7,9,12,16H,5,8,10H2,1H3. The Hall–Kier alpha value is -1.71. The minimum absolute atomic E-state index is 0.0203. The van der Waals surface area contributed by atoms with E-state index in [9.17, 15) is 16.8 Å². The Morgan fingerprint density at radius 2 is 2.13 bits per heavy atom. The zero-order valence-electron chi connectivity index (χ0n) is 12.5. The number of hydrogen-bond acceptors (Lipinski definition) is 5. The summed E-state index contributed by atoms with van der Waals surface area (Å²) in [6, 6.07) is 6.19. The van der Waals surface area contributed by atoms with Gasteiger partial charge in [-0.15, -0.1) is 0 Å². The molecular formula is C14H17N3O4S2. The molecule has 0 bridgehead atoms. The summed E-state index contributed by atoms with van der Waals surface area (Å²) in [5.41, 5.74) is 1.22. The average Bonchev–Trinajstić information content (AvgIpc) is 3.08. The number of sulfonamides is 1. The summed E-state index contributed by atoms with van der Waals surface area (Å²) in [5, 5.41) is 4.08. The van der Waals surface area contributed by atoms with E-state index in [1.165, 1.54) is 6.07 Å². The second-order valence-corrected chi connectivity index (χ2v) is 9.53. The van der Waals surface area contributed by atoms with Crippen LogP contribution < -0.4 is 4.72 Å². The molecule has 1 fully saturated rings. The normalized spacial score (nSPS) is 20.7. The molecule has 0 amide bonds. The zero-order chi connectivity index (χ0) is 16.7. The van der Waals surface area contributed by atoms with Crippen molar-refractivity contribution in [3.8, 4) is 5.69 Å². The van der Waals surface area contributed by atoms with E-state index in [1.54, 1.807) is 42.2 Å². The molecule has 1 aliphatic rings. The molecule has 124 valence electrons. The van der Waals surface area contributed by atoms with Crippen molar-refractivity contribution in [1.82, 2.24) is 14.5 Å². The predicted octanol–water partition coefficient (Wildman–Crippen LogP) is 0.646. The van der Waals surface area contributed by atoms with Gasteiger partial charge in [-0.05, 0) is 37.1 Å². The number of hydrogen-bond donors (Lipinski definition) is 1. The fourth-order valence-corrected chi connectivity index (χ4v) is 5.93. The Balaban J connectivity index is 1.92. The molecule has 1 unspecified atom stereocenters. The lowest BCUT2D eigenvalue weighted by molar-refractivity contribution is 0.561. The second kappa shape index (κ2) is 5.73. The maximum atomic E-state index is 12.6. The Morgan fingerprint density at radius 3 is 2.74 bits per heavy atom. The minimum atomic E-state index is -3.79. The third-order valence-corrected chi connectivity index (χ3v) is 7.21. The molecule has 0 radical (unpaired) electrons. The van der Waals surface area contributed by atoms with Gasteiger partial charge in [0, 0.05) is 18.4 Å². The number of aromatic nitrogens is 2. The SMILES string of the molecule is Cc1ccc(-n2cccn2)cc1S(=O)(=O)NC1CCS(=O)(=O)C1. The van der Waals surface area contributed by atoms with Crippen LogP contribution in [0.5, 0.6) is 0 Å². The van der Waals surface area contributed by atoms with Crippen LogP contribution in [-0.4, -0.2) is 44.2 Å². The number of sulfone groups is 1. The van der Waals surface area contributed by atoms with Gasteiger partial charge < -0.3 is 0 Å². The topological polar surface area (TPSA) is 98.1 Å². The Morgan fingerprint density at radius 1 is 1.35 bits per heavy atom. The molecule has 1 aliphatic heterocycles. The molecule has 2 aromatic rings. The van der Waals surface area contributed by atoms with E-state index < -0.39 is 25.9 Å². The first kappa shape index (κ1) is 16.2. The number of nitrogens with one attached hydrogen (secondary N) is 1. The first-order valence-electron chi connectivity index (χ1n) is 7.10. The number of nitrogens with zero attached hydrogens (tertiary/aromatic N) is 2. The summed E-state index contributed by atoms with van der Waals surface area (Å²) in [5.74, 6) is -0.128. The molecule has 1 aromatic heterocycles. The van der Waals surface area contributed by atoms with Crippen molar-refractivity contribution in [1.29, 1.82) is 0 Å². The second-order valence-electron chi connectivity index (χ2n) is 5.62. The Kier molecular flexibility index (Phi) is 4.03. The molecule has 7 nitrogen and oxygen atoms in total. The van der Waals surface area contributed by atoms with Crippen molar-refractivity contribution >= 4 is 19.9 Å². The van der Waals surface area contributed by atoms with Gasteiger partial charge in [0.2, 0.25) is 10.0 Å². The van der Waals surface area contributed by atoms with Crippen LogP contribution in [0.25, 0.3) is 5.69 Å². The van der Waals surface area contributed by atoms with E-state index >= 15 is 0 Å². The van der Waals surface area contributed by atoms with E-state index in [4.69, 9.17) is 0 Å². The van der Waals surface area contributed by atoms with E-state index in [0.717, 1.165) is 0 Å². The van der Waals surface area contributed by atoms with Gasteiger partial charge in [0.15, 0.2) is 9.84 Å². The van der Waals surface area contributed by atoms with Crippen LogP contribution in [-0.2, 0) is 19.9 Å².